The molecule has 0 N–H and O–H groups in total. The smallest absolute Gasteiger partial charge is 0.143 e. The van der Waals surface area contributed by atoms with Gasteiger partial charge in [0.25, 0.3) is 0 Å². The Morgan fingerprint density at radius 1 is 0.382 bits per heavy atom. The first kappa shape index (κ1) is 31.6. The van der Waals surface area contributed by atoms with E-state index < -0.39 is 0 Å². The minimum atomic E-state index is 0.872. The summed E-state index contributed by atoms with van der Waals surface area (Å²) in [6.07, 6.45) is 0. The van der Waals surface area contributed by atoms with Crippen molar-refractivity contribution in [3.63, 3.8) is 0 Å². The molecule has 0 amide bonds. The molecule has 0 saturated heterocycles. The Morgan fingerprint density at radius 2 is 0.964 bits per heavy atom. The van der Waals surface area contributed by atoms with E-state index in [1.165, 1.54) is 58.9 Å². The average Bonchev–Trinajstić information content (AvgIpc) is 3.84. The Kier molecular flexibility index (Phi) is 7.39. The van der Waals surface area contributed by atoms with Gasteiger partial charge in [0.2, 0.25) is 0 Å². The Labute approximate surface area is 322 Å². The maximum Gasteiger partial charge on any atom is 0.143 e. The second-order valence-electron chi connectivity index (χ2n) is 14.1. The van der Waals surface area contributed by atoms with Gasteiger partial charge in [-0.2, -0.15) is 0 Å². The Morgan fingerprint density at radius 3 is 1.71 bits per heavy atom. The molecular formula is C52H33NOS. The zero-order chi connectivity index (χ0) is 36.3. The van der Waals surface area contributed by atoms with Crippen molar-refractivity contribution in [1.29, 1.82) is 0 Å². The minimum absolute atomic E-state index is 0.872. The molecule has 0 unspecified atom stereocenters. The lowest BCUT2D eigenvalue weighted by atomic mass is 9.99. The number of furan rings is 1. The zero-order valence-corrected chi connectivity index (χ0v) is 30.6. The van der Waals surface area contributed by atoms with E-state index in [9.17, 15) is 0 Å². The van der Waals surface area contributed by atoms with Crippen LogP contribution < -0.4 is 4.90 Å². The van der Waals surface area contributed by atoms with Gasteiger partial charge in [0.15, 0.2) is 0 Å². The van der Waals surface area contributed by atoms with E-state index in [0.717, 1.165) is 44.4 Å². The lowest BCUT2D eigenvalue weighted by Gasteiger charge is -2.26. The first-order chi connectivity index (χ1) is 27.3. The van der Waals surface area contributed by atoms with Gasteiger partial charge in [0.05, 0.1) is 11.1 Å². The average molecular weight is 720 g/mol. The van der Waals surface area contributed by atoms with Crippen molar-refractivity contribution in [3.05, 3.63) is 200 Å². The van der Waals surface area contributed by atoms with Crippen molar-refractivity contribution in [2.24, 2.45) is 0 Å². The predicted octanol–water partition coefficient (Wildman–Crippen LogP) is 15.6. The fourth-order valence-corrected chi connectivity index (χ4v) is 9.44. The van der Waals surface area contributed by atoms with E-state index in [0.29, 0.717) is 0 Å². The molecule has 55 heavy (non-hydrogen) atoms. The van der Waals surface area contributed by atoms with Crippen LogP contribution in [0.5, 0.6) is 0 Å². The van der Waals surface area contributed by atoms with Crippen LogP contribution in [0.2, 0.25) is 0 Å². The van der Waals surface area contributed by atoms with Crippen LogP contribution in [-0.4, -0.2) is 0 Å². The van der Waals surface area contributed by atoms with Crippen LogP contribution >= 0.6 is 11.3 Å². The summed E-state index contributed by atoms with van der Waals surface area (Å²) in [7, 11) is 0. The highest BCUT2D eigenvalue weighted by Gasteiger charge is 2.21. The third-order valence-electron chi connectivity index (χ3n) is 10.9. The highest BCUT2D eigenvalue weighted by atomic mass is 32.1. The van der Waals surface area contributed by atoms with Crippen LogP contribution in [0.3, 0.4) is 0 Å². The number of thiophene rings is 1. The van der Waals surface area contributed by atoms with Gasteiger partial charge in [-0.15, -0.1) is 11.3 Å². The number of benzene rings is 9. The third-order valence-corrected chi connectivity index (χ3v) is 12.1. The molecule has 11 rings (SSSR count). The topological polar surface area (TPSA) is 16.4 Å². The maximum absolute atomic E-state index is 6.66. The number of anilines is 3. The van der Waals surface area contributed by atoms with E-state index in [4.69, 9.17) is 4.42 Å². The van der Waals surface area contributed by atoms with Crippen molar-refractivity contribution in [2.75, 3.05) is 4.90 Å². The summed E-state index contributed by atoms with van der Waals surface area (Å²) in [6.45, 7) is 0. The Bertz CT molecular complexity index is 3170. The number of hydrogen-bond donors (Lipinski definition) is 0. The molecule has 0 atom stereocenters. The predicted molar refractivity (Wildman–Crippen MR) is 235 cm³/mol. The SMILES string of the molecule is c1ccc(-c2ccc(-c3ccc(N(c4ccc(-c5cccc6c5sc5ccccc56)cc4)c4cccc5oc6c7ccccc7ccc6c45)cc3)cc2)cc1. The monoisotopic (exact) mass is 719 g/mol. The van der Waals surface area contributed by atoms with E-state index in [2.05, 4.69) is 205 Å². The molecule has 0 aliphatic rings. The van der Waals surface area contributed by atoms with Crippen LogP contribution in [0.25, 0.3) is 86.3 Å². The molecule has 2 heterocycles. The maximum atomic E-state index is 6.66. The quantitative estimate of drug-likeness (QED) is 0.170. The fourth-order valence-electron chi connectivity index (χ4n) is 8.20. The normalized spacial score (nSPS) is 11.6. The molecule has 0 aliphatic heterocycles. The lowest BCUT2D eigenvalue weighted by molar-refractivity contribution is 0.672. The summed E-state index contributed by atoms with van der Waals surface area (Å²) < 4.78 is 9.30. The number of rotatable bonds is 6. The van der Waals surface area contributed by atoms with Gasteiger partial charge in [-0.05, 0) is 87.3 Å². The fraction of sp³-hybridized carbons (Fsp3) is 0. The van der Waals surface area contributed by atoms with Crippen LogP contribution in [0.1, 0.15) is 0 Å². The minimum Gasteiger partial charge on any atom is -0.455 e. The lowest BCUT2D eigenvalue weighted by Crippen LogP contribution is -2.10. The van der Waals surface area contributed by atoms with Crippen LogP contribution in [0, 0.1) is 0 Å². The van der Waals surface area contributed by atoms with Crippen molar-refractivity contribution < 1.29 is 4.42 Å². The first-order valence-electron chi connectivity index (χ1n) is 18.7. The van der Waals surface area contributed by atoms with Crippen LogP contribution in [0.4, 0.5) is 17.1 Å². The van der Waals surface area contributed by atoms with Gasteiger partial charge in [0, 0.05) is 42.3 Å². The summed E-state index contributed by atoms with van der Waals surface area (Å²) in [5.41, 5.74) is 12.3. The molecule has 0 fully saturated rings. The van der Waals surface area contributed by atoms with Gasteiger partial charge in [-0.3, -0.25) is 0 Å². The summed E-state index contributed by atoms with van der Waals surface area (Å²) in [5.74, 6) is 0. The van der Waals surface area contributed by atoms with E-state index in [1.807, 2.05) is 11.3 Å². The van der Waals surface area contributed by atoms with Gasteiger partial charge < -0.3 is 9.32 Å². The molecule has 0 saturated carbocycles. The molecule has 2 nitrogen and oxygen atoms in total. The third kappa shape index (κ3) is 5.32. The highest BCUT2D eigenvalue weighted by molar-refractivity contribution is 7.26. The molecule has 9 aromatic carbocycles. The van der Waals surface area contributed by atoms with E-state index in [1.54, 1.807) is 0 Å². The molecule has 0 bridgehead atoms. The molecule has 2 aromatic heterocycles. The first-order valence-corrected chi connectivity index (χ1v) is 19.5. The van der Waals surface area contributed by atoms with E-state index in [-0.39, 0.29) is 0 Å². The number of hydrogen-bond acceptors (Lipinski definition) is 3. The van der Waals surface area contributed by atoms with Crippen molar-refractivity contribution in [2.45, 2.75) is 0 Å². The van der Waals surface area contributed by atoms with Gasteiger partial charge in [-0.25, -0.2) is 0 Å². The van der Waals surface area contributed by atoms with Crippen LogP contribution in [-0.2, 0) is 0 Å². The van der Waals surface area contributed by atoms with Gasteiger partial charge in [0.1, 0.15) is 11.2 Å². The second-order valence-corrected chi connectivity index (χ2v) is 15.1. The number of nitrogens with zero attached hydrogens (tertiary/aromatic N) is 1. The van der Waals surface area contributed by atoms with Crippen molar-refractivity contribution >= 4 is 81.3 Å². The standard InChI is InChI=1S/C52H33NOS/c1-2-10-34(11-3-1)35-20-22-36(23-21-35)37-24-29-40(30-25-37)53(47-17-9-18-48-50(47)46-33-28-38-12-4-5-13-42(38)51(46)54-48)41-31-26-39(27-32-41)43-15-8-16-45-44-14-6-7-19-49(44)55-52(43)45/h1-33H. The second kappa shape index (κ2) is 12.9. The van der Waals surface area contributed by atoms with Crippen LogP contribution in [0.15, 0.2) is 205 Å². The molecule has 11 aromatic rings. The van der Waals surface area contributed by atoms with Gasteiger partial charge in [-0.1, -0.05) is 152 Å². The molecule has 0 aliphatic carbocycles. The molecule has 3 heteroatoms. The molecule has 0 radical (unpaired) electrons. The number of fused-ring (bicyclic) bond motifs is 8. The van der Waals surface area contributed by atoms with Crippen molar-refractivity contribution in [1.82, 2.24) is 0 Å². The Hall–Kier alpha value is -6.94. The van der Waals surface area contributed by atoms with E-state index >= 15 is 0 Å². The molecule has 0 spiro atoms. The summed E-state index contributed by atoms with van der Waals surface area (Å²) in [4.78, 5) is 2.37. The summed E-state index contributed by atoms with van der Waals surface area (Å²) in [5, 5.41) is 7.13. The Balaban J connectivity index is 1.04. The van der Waals surface area contributed by atoms with Gasteiger partial charge >= 0.3 is 0 Å². The zero-order valence-electron chi connectivity index (χ0n) is 29.8. The highest BCUT2D eigenvalue weighted by Crippen LogP contribution is 2.46. The van der Waals surface area contributed by atoms with Crippen molar-refractivity contribution in [3.8, 4) is 33.4 Å². The summed E-state index contributed by atoms with van der Waals surface area (Å²) in [6, 6.07) is 72.0. The largest absolute Gasteiger partial charge is 0.455 e. The molecular weight excluding hydrogens is 687 g/mol. The summed E-state index contributed by atoms with van der Waals surface area (Å²) >= 11 is 1.87. The molecule has 258 valence electrons.